The smallest absolute Gasteiger partial charge is 0.312 e. The van der Waals surface area contributed by atoms with E-state index in [0.717, 1.165) is 13.0 Å². The standard InChI is InChI=1S/C7H11N3O2.ClH/c8-6(11)7(12)10-3-4-1-5(10)2-9-4;/h4-5,9H,1-3H2,(H2,8,11);1H. The molecule has 74 valence electrons. The zero-order valence-electron chi connectivity index (χ0n) is 7.03. The predicted molar refractivity (Wildman–Crippen MR) is 48.4 cm³/mol. The van der Waals surface area contributed by atoms with Crippen LogP contribution in [0.25, 0.3) is 0 Å². The van der Waals surface area contributed by atoms with E-state index in [-0.39, 0.29) is 18.4 Å². The second kappa shape index (κ2) is 3.51. The van der Waals surface area contributed by atoms with E-state index in [1.54, 1.807) is 4.90 Å². The van der Waals surface area contributed by atoms with Gasteiger partial charge in [0.25, 0.3) is 0 Å². The topological polar surface area (TPSA) is 75.4 Å². The molecule has 0 aromatic rings. The van der Waals surface area contributed by atoms with Gasteiger partial charge in [-0.05, 0) is 6.42 Å². The molecular weight excluding hydrogens is 194 g/mol. The molecule has 2 fully saturated rings. The average molecular weight is 206 g/mol. The van der Waals surface area contributed by atoms with Crippen LogP contribution in [-0.4, -0.2) is 41.9 Å². The number of primary amides is 1. The Morgan fingerprint density at radius 1 is 1.46 bits per heavy atom. The van der Waals surface area contributed by atoms with Gasteiger partial charge in [-0.1, -0.05) is 0 Å². The average Bonchev–Trinajstić information content (AvgIpc) is 2.62. The summed E-state index contributed by atoms with van der Waals surface area (Å²) in [4.78, 5) is 23.3. The Morgan fingerprint density at radius 3 is 2.54 bits per heavy atom. The Bertz CT molecular complexity index is 246. The number of likely N-dealkylation sites (tertiary alicyclic amines) is 1. The molecule has 0 radical (unpaired) electrons. The molecule has 0 spiro atoms. The first kappa shape index (κ1) is 10.3. The lowest BCUT2D eigenvalue weighted by molar-refractivity contribution is -0.145. The fourth-order valence-electron chi connectivity index (χ4n) is 1.95. The maximum absolute atomic E-state index is 11.2. The van der Waals surface area contributed by atoms with Crippen molar-refractivity contribution in [1.29, 1.82) is 0 Å². The van der Waals surface area contributed by atoms with Gasteiger partial charge in [0.15, 0.2) is 0 Å². The first-order valence-electron chi connectivity index (χ1n) is 4.02. The van der Waals surface area contributed by atoms with Crippen molar-refractivity contribution in [2.24, 2.45) is 5.73 Å². The van der Waals surface area contributed by atoms with Gasteiger partial charge in [-0.2, -0.15) is 0 Å². The number of rotatable bonds is 0. The summed E-state index contributed by atoms with van der Waals surface area (Å²) in [7, 11) is 0. The highest BCUT2D eigenvalue weighted by Crippen LogP contribution is 2.22. The van der Waals surface area contributed by atoms with Gasteiger partial charge >= 0.3 is 11.8 Å². The summed E-state index contributed by atoms with van der Waals surface area (Å²) in [5.74, 6) is -1.38. The number of carbonyl (C=O) groups excluding carboxylic acids is 2. The van der Waals surface area contributed by atoms with Crippen molar-refractivity contribution < 1.29 is 9.59 Å². The molecule has 0 aromatic heterocycles. The minimum Gasteiger partial charge on any atom is -0.361 e. The van der Waals surface area contributed by atoms with E-state index in [1.165, 1.54) is 0 Å². The van der Waals surface area contributed by atoms with Gasteiger partial charge in [0.05, 0.1) is 0 Å². The van der Waals surface area contributed by atoms with Gasteiger partial charge in [-0.25, -0.2) is 0 Å². The summed E-state index contributed by atoms with van der Waals surface area (Å²) >= 11 is 0. The molecule has 2 amide bonds. The molecule has 2 unspecified atom stereocenters. The summed E-state index contributed by atoms with van der Waals surface area (Å²) in [6.07, 6.45) is 0.957. The Morgan fingerprint density at radius 2 is 2.15 bits per heavy atom. The van der Waals surface area contributed by atoms with E-state index in [9.17, 15) is 9.59 Å². The minimum absolute atomic E-state index is 0. The number of fused-ring (bicyclic) bond motifs is 2. The van der Waals surface area contributed by atoms with Crippen LogP contribution in [0.2, 0.25) is 0 Å². The van der Waals surface area contributed by atoms with Crippen molar-refractivity contribution >= 4 is 24.2 Å². The van der Waals surface area contributed by atoms with E-state index >= 15 is 0 Å². The third kappa shape index (κ3) is 1.62. The largest absolute Gasteiger partial charge is 0.361 e. The summed E-state index contributed by atoms with van der Waals surface area (Å²) in [6.45, 7) is 1.43. The van der Waals surface area contributed by atoms with E-state index in [1.807, 2.05) is 0 Å². The van der Waals surface area contributed by atoms with E-state index in [0.29, 0.717) is 12.6 Å². The second-order valence-corrected chi connectivity index (χ2v) is 3.32. The van der Waals surface area contributed by atoms with Crippen LogP contribution in [0.1, 0.15) is 6.42 Å². The molecular formula is C7H12ClN3O2. The molecule has 2 rings (SSSR count). The van der Waals surface area contributed by atoms with Gasteiger partial charge in [0.1, 0.15) is 0 Å². The monoisotopic (exact) mass is 205 g/mol. The Labute approximate surface area is 82.0 Å². The maximum atomic E-state index is 11.2. The second-order valence-electron chi connectivity index (χ2n) is 3.32. The molecule has 5 nitrogen and oxygen atoms in total. The molecule has 3 N–H and O–H groups in total. The van der Waals surface area contributed by atoms with Crippen molar-refractivity contribution in [3.8, 4) is 0 Å². The molecule has 13 heavy (non-hydrogen) atoms. The van der Waals surface area contributed by atoms with Crippen LogP contribution in [0.4, 0.5) is 0 Å². The summed E-state index contributed by atoms with van der Waals surface area (Å²) in [6, 6.07) is 0.563. The zero-order chi connectivity index (χ0) is 8.72. The molecule has 6 heteroatoms. The summed E-state index contributed by atoms with van der Waals surface area (Å²) in [5, 5.41) is 3.23. The number of nitrogens with one attached hydrogen (secondary N) is 1. The number of nitrogens with two attached hydrogens (primary N) is 1. The van der Waals surface area contributed by atoms with Crippen LogP contribution in [0.3, 0.4) is 0 Å². The maximum Gasteiger partial charge on any atom is 0.312 e. The van der Waals surface area contributed by atoms with Gasteiger partial charge in [-0.3, -0.25) is 9.59 Å². The number of piperazine rings is 1. The highest BCUT2D eigenvalue weighted by atomic mass is 35.5. The number of amides is 2. The molecule has 0 saturated carbocycles. The quantitative estimate of drug-likeness (QED) is 0.471. The SMILES string of the molecule is Cl.NC(=O)C(=O)N1CC2CC1CN2. The van der Waals surface area contributed by atoms with Crippen LogP contribution >= 0.6 is 12.4 Å². The number of halogens is 1. The Kier molecular flexibility index (Phi) is 2.77. The van der Waals surface area contributed by atoms with Crippen molar-refractivity contribution in [2.75, 3.05) is 13.1 Å². The molecule has 2 bridgehead atoms. The van der Waals surface area contributed by atoms with Crippen LogP contribution in [0.5, 0.6) is 0 Å². The van der Waals surface area contributed by atoms with Gasteiger partial charge in [0, 0.05) is 25.2 Å². The first-order valence-corrected chi connectivity index (χ1v) is 4.02. The van der Waals surface area contributed by atoms with E-state index in [2.05, 4.69) is 5.32 Å². The zero-order valence-corrected chi connectivity index (χ0v) is 7.84. The minimum atomic E-state index is -0.845. The summed E-state index contributed by atoms with van der Waals surface area (Å²) in [5.41, 5.74) is 4.90. The van der Waals surface area contributed by atoms with Crippen LogP contribution in [-0.2, 0) is 9.59 Å². The lowest BCUT2D eigenvalue weighted by atomic mass is 10.2. The molecule has 2 aliphatic heterocycles. The number of hydrogen-bond donors (Lipinski definition) is 2. The molecule has 2 atom stereocenters. The molecule has 2 aliphatic rings. The highest BCUT2D eigenvalue weighted by Gasteiger charge is 2.41. The van der Waals surface area contributed by atoms with Gasteiger partial charge in [0.2, 0.25) is 0 Å². The third-order valence-corrected chi connectivity index (χ3v) is 2.53. The van der Waals surface area contributed by atoms with Crippen molar-refractivity contribution in [2.45, 2.75) is 18.5 Å². The van der Waals surface area contributed by atoms with Crippen LogP contribution < -0.4 is 11.1 Å². The molecule has 0 aromatic carbocycles. The summed E-state index contributed by atoms with van der Waals surface area (Å²) < 4.78 is 0. The van der Waals surface area contributed by atoms with Crippen molar-refractivity contribution in [3.05, 3.63) is 0 Å². The molecule has 2 saturated heterocycles. The number of carbonyl (C=O) groups is 2. The van der Waals surface area contributed by atoms with Crippen LogP contribution in [0, 0.1) is 0 Å². The van der Waals surface area contributed by atoms with E-state index < -0.39 is 11.8 Å². The van der Waals surface area contributed by atoms with Gasteiger partial charge in [-0.15, -0.1) is 12.4 Å². The fraction of sp³-hybridized carbons (Fsp3) is 0.714. The predicted octanol–water partition coefficient (Wildman–Crippen LogP) is -1.53. The molecule has 0 aliphatic carbocycles. The lowest BCUT2D eigenvalue weighted by Crippen LogP contribution is -2.50. The van der Waals surface area contributed by atoms with Crippen molar-refractivity contribution in [3.63, 3.8) is 0 Å². The van der Waals surface area contributed by atoms with Crippen LogP contribution in [0.15, 0.2) is 0 Å². The highest BCUT2D eigenvalue weighted by molar-refractivity contribution is 6.34. The first-order chi connectivity index (χ1) is 5.68. The Balaban J connectivity index is 0.000000845. The number of hydrogen-bond acceptors (Lipinski definition) is 3. The Hall–Kier alpha value is -0.810. The lowest BCUT2D eigenvalue weighted by Gasteiger charge is -2.25. The third-order valence-electron chi connectivity index (χ3n) is 2.53. The number of nitrogens with zero attached hydrogens (tertiary/aromatic N) is 1. The van der Waals surface area contributed by atoms with E-state index in [4.69, 9.17) is 5.73 Å². The van der Waals surface area contributed by atoms with Gasteiger partial charge < -0.3 is 16.0 Å². The molecule has 2 heterocycles. The normalized spacial score (nSPS) is 30.0. The van der Waals surface area contributed by atoms with Crippen molar-refractivity contribution in [1.82, 2.24) is 10.2 Å². The fourth-order valence-corrected chi connectivity index (χ4v) is 1.95.